The van der Waals surface area contributed by atoms with Crippen molar-refractivity contribution in [1.82, 2.24) is 4.72 Å². The summed E-state index contributed by atoms with van der Waals surface area (Å²) in [6, 6.07) is 12.5. The van der Waals surface area contributed by atoms with Crippen LogP contribution in [0.25, 0.3) is 6.08 Å². The van der Waals surface area contributed by atoms with Crippen LogP contribution in [-0.4, -0.2) is 14.3 Å². The third-order valence-electron chi connectivity index (χ3n) is 2.81. The zero-order valence-electron chi connectivity index (χ0n) is 11.7. The smallest absolute Gasteiger partial charge is 0.264 e. The quantitative estimate of drug-likeness (QED) is 0.871. The van der Waals surface area contributed by atoms with Crippen molar-refractivity contribution in [2.24, 2.45) is 0 Å². The molecule has 0 aromatic heterocycles. The monoisotopic (exact) mass is 330 g/mol. The first-order chi connectivity index (χ1) is 10.9. The van der Waals surface area contributed by atoms with Gasteiger partial charge >= 0.3 is 0 Å². The van der Waals surface area contributed by atoms with E-state index >= 15 is 0 Å². The highest BCUT2D eigenvalue weighted by Crippen LogP contribution is 2.11. The van der Waals surface area contributed by atoms with E-state index in [1.165, 1.54) is 54.6 Å². The standard InChI is InChI=1S/C16H11FN2O3S/c17-14-7-4-12(5-8-14)6-9-16(20)19-23(21,22)15-3-1-2-13(10-15)11-18/h1-10H,(H,19,20)/b9-6+. The van der Waals surface area contributed by atoms with E-state index in [1.54, 1.807) is 0 Å². The normalized spacial score (nSPS) is 11.1. The Morgan fingerprint density at radius 3 is 2.52 bits per heavy atom. The number of hydrogen-bond donors (Lipinski definition) is 1. The van der Waals surface area contributed by atoms with E-state index in [0.717, 1.165) is 6.08 Å². The predicted octanol–water partition coefficient (Wildman–Crippen LogP) is 2.22. The van der Waals surface area contributed by atoms with Gasteiger partial charge in [-0.3, -0.25) is 4.79 Å². The summed E-state index contributed by atoms with van der Waals surface area (Å²) in [4.78, 5) is 11.5. The summed E-state index contributed by atoms with van der Waals surface area (Å²) >= 11 is 0. The fraction of sp³-hybridized carbons (Fsp3) is 0. The van der Waals surface area contributed by atoms with E-state index in [4.69, 9.17) is 5.26 Å². The molecule has 0 heterocycles. The Labute approximate surface area is 132 Å². The molecule has 7 heteroatoms. The van der Waals surface area contributed by atoms with Gasteiger partial charge in [0.05, 0.1) is 16.5 Å². The number of nitrogens with one attached hydrogen (secondary N) is 1. The molecule has 2 aromatic rings. The third-order valence-corrected chi connectivity index (χ3v) is 4.15. The Morgan fingerprint density at radius 1 is 1.17 bits per heavy atom. The summed E-state index contributed by atoms with van der Waals surface area (Å²) < 4.78 is 38.7. The minimum absolute atomic E-state index is 0.169. The molecule has 0 atom stereocenters. The predicted molar refractivity (Wildman–Crippen MR) is 81.9 cm³/mol. The summed E-state index contributed by atoms with van der Waals surface area (Å²) in [5.74, 6) is -1.26. The second-order valence-electron chi connectivity index (χ2n) is 4.49. The topological polar surface area (TPSA) is 87.0 Å². The first-order valence-corrected chi connectivity index (χ1v) is 7.89. The maximum absolute atomic E-state index is 12.8. The molecule has 23 heavy (non-hydrogen) atoms. The highest BCUT2D eigenvalue weighted by molar-refractivity contribution is 7.90. The number of carbonyl (C=O) groups excluding carboxylic acids is 1. The largest absolute Gasteiger partial charge is 0.269 e. The summed E-state index contributed by atoms with van der Waals surface area (Å²) in [5, 5.41) is 8.77. The highest BCUT2D eigenvalue weighted by atomic mass is 32.2. The molecule has 0 aliphatic rings. The van der Waals surface area contributed by atoms with Crippen LogP contribution < -0.4 is 4.72 Å². The molecule has 2 rings (SSSR count). The van der Waals surface area contributed by atoms with Gasteiger partial charge in [-0.25, -0.2) is 17.5 Å². The van der Waals surface area contributed by atoms with E-state index in [9.17, 15) is 17.6 Å². The zero-order valence-corrected chi connectivity index (χ0v) is 12.5. The van der Waals surface area contributed by atoms with Crippen LogP contribution in [0.1, 0.15) is 11.1 Å². The third kappa shape index (κ3) is 4.49. The van der Waals surface area contributed by atoms with Crippen LogP contribution in [0.4, 0.5) is 4.39 Å². The first kappa shape index (κ1) is 16.4. The molecule has 0 aliphatic heterocycles. The van der Waals surface area contributed by atoms with Crippen LogP contribution in [0, 0.1) is 17.1 Å². The maximum Gasteiger partial charge on any atom is 0.264 e. The second kappa shape index (κ2) is 6.85. The van der Waals surface area contributed by atoms with Gasteiger partial charge < -0.3 is 0 Å². The molecule has 5 nitrogen and oxygen atoms in total. The molecule has 0 saturated carbocycles. The van der Waals surface area contributed by atoms with Crippen LogP contribution in [0.15, 0.2) is 59.5 Å². The van der Waals surface area contributed by atoms with Crippen molar-refractivity contribution in [1.29, 1.82) is 5.26 Å². The van der Waals surface area contributed by atoms with Crippen LogP contribution in [-0.2, 0) is 14.8 Å². The van der Waals surface area contributed by atoms with Crippen molar-refractivity contribution < 1.29 is 17.6 Å². The van der Waals surface area contributed by atoms with Crippen molar-refractivity contribution in [3.8, 4) is 6.07 Å². The minimum atomic E-state index is -4.07. The lowest BCUT2D eigenvalue weighted by Gasteiger charge is -2.04. The lowest BCUT2D eigenvalue weighted by Crippen LogP contribution is -2.29. The van der Waals surface area contributed by atoms with Gasteiger partial charge in [-0.15, -0.1) is 0 Å². The average molecular weight is 330 g/mol. The molecule has 0 saturated heterocycles. The molecule has 116 valence electrons. The molecule has 0 aliphatic carbocycles. The number of halogens is 1. The lowest BCUT2D eigenvalue weighted by atomic mass is 10.2. The van der Waals surface area contributed by atoms with E-state index < -0.39 is 21.7 Å². The van der Waals surface area contributed by atoms with E-state index in [-0.39, 0.29) is 10.5 Å². The van der Waals surface area contributed by atoms with Crippen LogP contribution in [0.3, 0.4) is 0 Å². The van der Waals surface area contributed by atoms with Gasteiger partial charge in [0.1, 0.15) is 5.82 Å². The summed E-state index contributed by atoms with van der Waals surface area (Å²) in [5.41, 5.74) is 0.715. The Morgan fingerprint density at radius 2 is 1.87 bits per heavy atom. The van der Waals surface area contributed by atoms with Crippen LogP contribution in [0.2, 0.25) is 0 Å². The number of benzene rings is 2. The fourth-order valence-electron chi connectivity index (χ4n) is 1.70. The van der Waals surface area contributed by atoms with Crippen molar-refractivity contribution in [3.63, 3.8) is 0 Å². The van der Waals surface area contributed by atoms with Crippen molar-refractivity contribution in [3.05, 3.63) is 71.6 Å². The van der Waals surface area contributed by atoms with E-state index in [0.29, 0.717) is 5.56 Å². The second-order valence-corrected chi connectivity index (χ2v) is 6.18. The van der Waals surface area contributed by atoms with E-state index in [1.807, 2.05) is 10.8 Å². The summed E-state index contributed by atoms with van der Waals surface area (Å²) in [6.45, 7) is 0. The van der Waals surface area contributed by atoms with E-state index in [2.05, 4.69) is 0 Å². The summed E-state index contributed by atoms with van der Waals surface area (Å²) in [6.07, 6.45) is 2.38. The number of nitrogens with zero attached hydrogens (tertiary/aromatic N) is 1. The lowest BCUT2D eigenvalue weighted by molar-refractivity contribution is -0.114. The first-order valence-electron chi connectivity index (χ1n) is 6.41. The zero-order chi connectivity index (χ0) is 16.9. The van der Waals surface area contributed by atoms with Gasteiger partial charge in [-0.05, 0) is 42.0 Å². The Kier molecular flexibility index (Phi) is 4.88. The maximum atomic E-state index is 12.8. The molecule has 1 N–H and O–H groups in total. The molecule has 0 radical (unpaired) electrons. The molecule has 0 bridgehead atoms. The molecule has 0 spiro atoms. The Hall–Kier alpha value is -2.98. The SMILES string of the molecule is N#Cc1cccc(S(=O)(=O)NC(=O)/C=C/c2ccc(F)cc2)c1. The molecule has 2 aromatic carbocycles. The van der Waals surface area contributed by atoms with Crippen LogP contribution >= 0.6 is 0 Å². The van der Waals surface area contributed by atoms with Crippen molar-refractivity contribution in [2.75, 3.05) is 0 Å². The highest BCUT2D eigenvalue weighted by Gasteiger charge is 2.16. The van der Waals surface area contributed by atoms with Gasteiger partial charge in [0.15, 0.2) is 0 Å². The minimum Gasteiger partial charge on any atom is -0.269 e. The Bertz CT molecular complexity index is 898. The van der Waals surface area contributed by atoms with Gasteiger partial charge in [-0.2, -0.15) is 5.26 Å². The number of carbonyl (C=O) groups is 1. The molecule has 0 unspecified atom stereocenters. The molecule has 1 amide bonds. The van der Waals surface area contributed by atoms with Gasteiger partial charge in [-0.1, -0.05) is 18.2 Å². The van der Waals surface area contributed by atoms with Crippen LogP contribution in [0.5, 0.6) is 0 Å². The number of sulfonamides is 1. The Balaban J connectivity index is 2.12. The number of nitriles is 1. The van der Waals surface area contributed by atoms with Crippen molar-refractivity contribution >= 4 is 22.0 Å². The molecular weight excluding hydrogens is 319 g/mol. The average Bonchev–Trinajstić information content (AvgIpc) is 2.54. The summed E-state index contributed by atoms with van der Waals surface area (Å²) in [7, 11) is -4.07. The number of amides is 1. The van der Waals surface area contributed by atoms with Gasteiger partial charge in [0.2, 0.25) is 0 Å². The van der Waals surface area contributed by atoms with Gasteiger partial charge in [0.25, 0.3) is 15.9 Å². The number of hydrogen-bond acceptors (Lipinski definition) is 4. The van der Waals surface area contributed by atoms with Crippen molar-refractivity contribution in [2.45, 2.75) is 4.90 Å². The molecular formula is C16H11FN2O3S. The number of rotatable bonds is 4. The molecule has 0 fully saturated rings. The fourth-order valence-corrected chi connectivity index (χ4v) is 2.69. The van der Waals surface area contributed by atoms with Gasteiger partial charge in [0, 0.05) is 6.08 Å².